The van der Waals surface area contributed by atoms with Crippen molar-refractivity contribution >= 4 is 23.2 Å². The van der Waals surface area contributed by atoms with Crippen LogP contribution < -0.4 is 10.6 Å². The maximum atomic E-state index is 11.8. The maximum Gasteiger partial charge on any atom is 0.252 e. The number of aliphatic hydroxyl groups is 1. The van der Waals surface area contributed by atoms with E-state index in [1.54, 1.807) is 11.4 Å². The van der Waals surface area contributed by atoms with Gasteiger partial charge >= 0.3 is 0 Å². The molecule has 0 aliphatic rings. The molecule has 2 aromatic rings. The van der Waals surface area contributed by atoms with Crippen LogP contribution in [0.4, 0.5) is 0 Å². The van der Waals surface area contributed by atoms with Gasteiger partial charge in [0.15, 0.2) is 0 Å². The van der Waals surface area contributed by atoms with Crippen LogP contribution in [-0.2, 0) is 4.79 Å². The Morgan fingerprint density at radius 1 is 1.22 bits per heavy atom. The Bertz CT molecular complexity index is 656. The fourth-order valence-electron chi connectivity index (χ4n) is 2.15. The van der Waals surface area contributed by atoms with Crippen molar-refractivity contribution < 1.29 is 14.7 Å². The van der Waals surface area contributed by atoms with E-state index >= 15 is 0 Å². The third-order valence-electron chi connectivity index (χ3n) is 3.46. The zero-order valence-corrected chi connectivity index (χ0v) is 13.7. The standard InChI is InChI=1S/C17H20N2O3S/c1-12-4-2-3-5-14(12)15(20)10-19-16(21)6-8-18-17(22)13-7-9-23-11-13/h2-5,7,9,11,15,20H,6,8,10H2,1H3,(H,18,22)(H,19,21). The van der Waals surface area contributed by atoms with Gasteiger partial charge in [-0.1, -0.05) is 24.3 Å². The lowest BCUT2D eigenvalue weighted by Crippen LogP contribution is -2.32. The molecule has 2 amide bonds. The Morgan fingerprint density at radius 3 is 2.70 bits per heavy atom. The Morgan fingerprint density at radius 2 is 2.00 bits per heavy atom. The molecular weight excluding hydrogens is 312 g/mol. The molecule has 6 heteroatoms. The van der Waals surface area contributed by atoms with Gasteiger partial charge in [-0.05, 0) is 29.5 Å². The van der Waals surface area contributed by atoms with E-state index in [-0.39, 0.29) is 31.3 Å². The second kappa shape index (κ2) is 8.45. The number of hydrogen-bond donors (Lipinski definition) is 3. The van der Waals surface area contributed by atoms with Crippen LogP contribution in [0.5, 0.6) is 0 Å². The van der Waals surface area contributed by atoms with Crippen LogP contribution in [0.25, 0.3) is 0 Å². The van der Waals surface area contributed by atoms with Gasteiger partial charge in [0, 0.05) is 30.5 Å². The minimum atomic E-state index is -0.736. The molecular formula is C17H20N2O3S. The number of benzene rings is 1. The lowest BCUT2D eigenvalue weighted by molar-refractivity contribution is -0.121. The fourth-order valence-corrected chi connectivity index (χ4v) is 2.79. The van der Waals surface area contributed by atoms with Gasteiger partial charge in [0.1, 0.15) is 0 Å². The Balaban J connectivity index is 1.69. The molecule has 122 valence electrons. The third-order valence-corrected chi connectivity index (χ3v) is 4.14. The van der Waals surface area contributed by atoms with Crippen molar-refractivity contribution in [3.63, 3.8) is 0 Å². The lowest BCUT2D eigenvalue weighted by atomic mass is 10.0. The highest BCUT2D eigenvalue weighted by Gasteiger charge is 2.12. The second-order valence-corrected chi connectivity index (χ2v) is 5.97. The molecule has 0 bridgehead atoms. The molecule has 0 radical (unpaired) electrons. The number of hydrogen-bond acceptors (Lipinski definition) is 4. The Kier molecular flexibility index (Phi) is 6.31. The molecule has 0 aliphatic heterocycles. The van der Waals surface area contributed by atoms with Crippen LogP contribution in [0.1, 0.15) is 34.0 Å². The summed E-state index contributed by atoms with van der Waals surface area (Å²) in [5, 5.41) is 19.1. The van der Waals surface area contributed by atoms with Crippen LogP contribution in [0.3, 0.4) is 0 Å². The summed E-state index contributed by atoms with van der Waals surface area (Å²) in [6.07, 6.45) is -0.559. The minimum Gasteiger partial charge on any atom is -0.387 e. The molecule has 0 saturated heterocycles. The highest BCUT2D eigenvalue weighted by atomic mass is 32.1. The first-order valence-corrected chi connectivity index (χ1v) is 8.33. The maximum absolute atomic E-state index is 11.8. The average molecular weight is 332 g/mol. The second-order valence-electron chi connectivity index (χ2n) is 5.19. The summed E-state index contributed by atoms with van der Waals surface area (Å²) in [7, 11) is 0. The number of carbonyl (C=O) groups excluding carboxylic acids is 2. The number of amides is 2. The molecule has 1 aromatic carbocycles. The van der Waals surface area contributed by atoms with Gasteiger partial charge in [-0.2, -0.15) is 11.3 Å². The molecule has 2 rings (SSSR count). The Labute approximate surface area is 139 Å². The van der Waals surface area contributed by atoms with Crippen LogP contribution >= 0.6 is 11.3 Å². The van der Waals surface area contributed by atoms with E-state index in [0.29, 0.717) is 5.56 Å². The molecule has 1 atom stereocenters. The monoisotopic (exact) mass is 332 g/mol. The van der Waals surface area contributed by atoms with Crippen LogP contribution in [-0.4, -0.2) is 30.0 Å². The largest absolute Gasteiger partial charge is 0.387 e. The van der Waals surface area contributed by atoms with E-state index < -0.39 is 6.10 Å². The summed E-state index contributed by atoms with van der Waals surface area (Å²) >= 11 is 1.45. The normalized spacial score (nSPS) is 11.7. The quantitative estimate of drug-likeness (QED) is 0.726. The molecule has 0 fully saturated rings. The predicted octanol–water partition coefficient (Wildman–Crippen LogP) is 2.03. The number of aryl methyl sites for hydroxylation is 1. The summed E-state index contributed by atoms with van der Waals surface area (Å²) in [4.78, 5) is 23.5. The molecule has 1 aromatic heterocycles. The van der Waals surface area contributed by atoms with E-state index in [1.807, 2.05) is 36.6 Å². The minimum absolute atomic E-state index is 0.155. The summed E-state index contributed by atoms with van der Waals surface area (Å²) in [6, 6.07) is 9.25. The van der Waals surface area contributed by atoms with Crippen LogP contribution in [0.2, 0.25) is 0 Å². The first-order chi connectivity index (χ1) is 11.1. The summed E-state index contributed by atoms with van der Waals surface area (Å²) in [6.45, 7) is 2.34. The van der Waals surface area contributed by atoms with Crippen molar-refractivity contribution in [2.75, 3.05) is 13.1 Å². The van der Waals surface area contributed by atoms with Crippen molar-refractivity contribution in [2.45, 2.75) is 19.4 Å². The first kappa shape index (κ1) is 17.2. The van der Waals surface area contributed by atoms with Gasteiger partial charge in [-0.3, -0.25) is 9.59 Å². The molecule has 3 N–H and O–H groups in total. The molecule has 0 saturated carbocycles. The zero-order chi connectivity index (χ0) is 16.7. The van der Waals surface area contributed by atoms with Crippen LogP contribution in [0.15, 0.2) is 41.1 Å². The lowest BCUT2D eigenvalue weighted by Gasteiger charge is -2.14. The third kappa shape index (κ3) is 5.19. The average Bonchev–Trinajstić information content (AvgIpc) is 3.07. The number of rotatable bonds is 7. The molecule has 0 spiro atoms. The van der Waals surface area contributed by atoms with Crippen LogP contribution in [0, 0.1) is 6.92 Å². The van der Waals surface area contributed by atoms with E-state index in [0.717, 1.165) is 11.1 Å². The Hall–Kier alpha value is -2.18. The van der Waals surface area contributed by atoms with E-state index in [2.05, 4.69) is 10.6 Å². The van der Waals surface area contributed by atoms with Crippen molar-refractivity contribution in [3.8, 4) is 0 Å². The van der Waals surface area contributed by atoms with Gasteiger partial charge in [-0.25, -0.2) is 0 Å². The smallest absolute Gasteiger partial charge is 0.252 e. The molecule has 1 unspecified atom stereocenters. The van der Waals surface area contributed by atoms with Gasteiger partial charge in [0.05, 0.1) is 6.10 Å². The van der Waals surface area contributed by atoms with Crippen molar-refractivity contribution in [1.82, 2.24) is 10.6 Å². The van der Waals surface area contributed by atoms with E-state index in [9.17, 15) is 14.7 Å². The van der Waals surface area contributed by atoms with Crippen molar-refractivity contribution in [2.24, 2.45) is 0 Å². The molecule has 0 aliphatic carbocycles. The predicted molar refractivity (Wildman–Crippen MR) is 90.4 cm³/mol. The molecule has 5 nitrogen and oxygen atoms in total. The number of aliphatic hydroxyl groups excluding tert-OH is 1. The number of thiophene rings is 1. The summed E-state index contributed by atoms with van der Waals surface area (Å²) in [5.41, 5.74) is 2.39. The highest BCUT2D eigenvalue weighted by Crippen LogP contribution is 2.16. The highest BCUT2D eigenvalue weighted by molar-refractivity contribution is 7.08. The SMILES string of the molecule is Cc1ccccc1C(O)CNC(=O)CCNC(=O)c1ccsc1. The van der Waals surface area contributed by atoms with Gasteiger partial charge in [0.25, 0.3) is 5.91 Å². The number of nitrogens with one attached hydrogen (secondary N) is 2. The topological polar surface area (TPSA) is 78.4 Å². The molecule has 23 heavy (non-hydrogen) atoms. The molecule has 1 heterocycles. The summed E-state index contributed by atoms with van der Waals surface area (Å²) in [5.74, 6) is -0.387. The van der Waals surface area contributed by atoms with Crippen molar-refractivity contribution in [1.29, 1.82) is 0 Å². The van der Waals surface area contributed by atoms with Gasteiger partial charge in [-0.15, -0.1) is 0 Å². The summed E-state index contributed by atoms with van der Waals surface area (Å²) < 4.78 is 0. The zero-order valence-electron chi connectivity index (χ0n) is 12.9. The first-order valence-electron chi connectivity index (χ1n) is 7.38. The van der Waals surface area contributed by atoms with Gasteiger partial charge in [0.2, 0.25) is 5.91 Å². The van der Waals surface area contributed by atoms with Gasteiger partial charge < -0.3 is 15.7 Å². The fraction of sp³-hybridized carbons (Fsp3) is 0.294. The number of carbonyl (C=O) groups is 2. The van der Waals surface area contributed by atoms with Crippen molar-refractivity contribution in [3.05, 3.63) is 57.8 Å². The van der Waals surface area contributed by atoms with E-state index in [4.69, 9.17) is 0 Å². The van der Waals surface area contributed by atoms with E-state index in [1.165, 1.54) is 11.3 Å².